The van der Waals surface area contributed by atoms with E-state index in [1.54, 1.807) is 0 Å². The Morgan fingerprint density at radius 3 is 2.23 bits per heavy atom. The Kier molecular flexibility index (Phi) is 7.08. The van der Waals surface area contributed by atoms with Crippen molar-refractivity contribution in [2.24, 2.45) is 0 Å². The number of amides is 1. The second-order valence-corrected chi connectivity index (χ2v) is 5.11. The standard InChI is InChI=1S/C16H20F3NO2/c1-2-3-4-5-10-20-15(22)14(21)11-12-6-8-13(9-7-12)16(17,18)19/h6-9H,2-5,10-11H2,1H3,(H,20,22). The molecule has 0 fully saturated rings. The van der Waals surface area contributed by atoms with Gasteiger partial charge in [0.2, 0.25) is 5.78 Å². The summed E-state index contributed by atoms with van der Waals surface area (Å²) < 4.78 is 37.2. The Morgan fingerprint density at radius 1 is 1.05 bits per heavy atom. The van der Waals surface area contributed by atoms with E-state index in [0.29, 0.717) is 12.1 Å². The highest BCUT2D eigenvalue weighted by molar-refractivity contribution is 6.36. The van der Waals surface area contributed by atoms with E-state index in [0.717, 1.165) is 37.8 Å². The van der Waals surface area contributed by atoms with Crippen molar-refractivity contribution >= 4 is 11.7 Å². The topological polar surface area (TPSA) is 46.2 Å². The molecule has 0 unspecified atom stereocenters. The quantitative estimate of drug-likeness (QED) is 0.589. The average Bonchev–Trinajstić information content (AvgIpc) is 2.46. The maximum Gasteiger partial charge on any atom is 0.416 e. The van der Waals surface area contributed by atoms with Crippen molar-refractivity contribution in [3.8, 4) is 0 Å². The first-order valence-electron chi connectivity index (χ1n) is 7.31. The lowest BCUT2D eigenvalue weighted by molar-refractivity contribution is -0.137. The zero-order chi connectivity index (χ0) is 16.6. The van der Waals surface area contributed by atoms with Gasteiger partial charge in [0.25, 0.3) is 5.91 Å². The molecule has 6 heteroatoms. The van der Waals surface area contributed by atoms with Gasteiger partial charge in [-0.3, -0.25) is 9.59 Å². The van der Waals surface area contributed by atoms with Gasteiger partial charge >= 0.3 is 6.18 Å². The largest absolute Gasteiger partial charge is 0.416 e. The molecule has 0 aliphatic carbocycles. The molecule has 1 N–H and O–H groups in total. The summed E-state index contributed by atoms with van der Waals surface area (Å²) in [6, 6.07) is 4.25. The molecule has 122 valence electrons. The molecular formula is C16H20F3NO2. The predicted octanol–water partition coefficient (Wildman–Crippen LogP) is 3.51. The molecule has 0 heterocycles. The predicted molar refractivity (Wildman–Crippen MR) is 77.3 cm³/mol. The molecule has 0 saturated heterocycles. The van der Waals surface area contributed by atoms with Gasteiger partial charge in [-0.1, -0.05) is 38.3 Å². The molecule has 0 aliphatic heterocycles. The Morgan fingerprint density at radius 2 is 1.68 bits per heavy atom. The van der Waals surface area contributed by atoms with Gasteiger partial charge in [-0.05, 0) is 24.1 Å². The Balaban J connectivity index is 2.42. The van der Waals surface area contributed by atoms with Crippen LogP contribution in [0.4, 0.5) is 13.2 Å². The molecular weight excluding hydrogens is 295 g/mol. The van der Waals surface area contributed by atoms with Gasteiger partial charge in [-0.15, -0.1) is 0 Å². The van der Waals surface area contributed by atoms with Crippen molar-refractivity contribution in [2.75, 3.05) is 6.54 Å². The van der Waals surface area contributed by atoms with Crippen LogP contribution in [0.15, 0.2) is 24.3 Å². The lowest BCUT2D eigenvalue weighted by Crippen LogP contribution is -2.32. The van der Waals surface area contributed by atoms with Crippen molar-refractivity contribution in [3.63, 3.8) is 0 Å². The van der Waals surface area contributed by atoms with Gasteiger partial charge in [0.1, 0.15) is 0 Å². The highest BCUT2D eigenvalue weighted by atomic mass is 19.4. The van der Waals surface area contributed by atoms with Crippen LogP contribution in [0.1, 0.15) is 43.7 Å². The maximum absolute atomic E-state index is 12.4. The van der Waals surface area contributed by atoms with Crippen molar-refractivity contribution in [1.29, 1.82) is 0 Å². The maximum atomic E-state index is 12.4. The van der Waals surface area contributed by atoms with Crippen molar-refractivity contribution in [3.05, 3.63) is 35.4 Å². The molecule has 0 radical (unpaired) electrons. The fourth-order valence-electron chi connectivity index (χ4n) is 1.93. The summed E-state index contributed by atoms with van der Waals surface area (Å²) in [6.07, 6.45) is -0.634. The van der Waals surface area contributed by atoms with Crippen LogP contribution in [0, 0.1) is 0 Å². The van der Waals surface area contributed by atoms with E-state index in [9.17, 15) is 22.8 Å². The SMILES string of the molecule is CCCCCCNC(=O)C(=O)Cc1ccc(C(F)(F)F)cc1. The molecule has 1 aromatic carbocycles. The molecule has 1 aromatic rings. The van der Waals surface area contributed by atoms with Crippen LogP contribution in [0.3, 0.4) is 0 Å². The van der Waals surface area contributed by atoms with Crippen LogP contribution in [-0.4, -0.2) is 18.2 Å². The third-order valence-electron chi connectivity index (χ3n) is 3.22. The molecule has 0 aliphatic rings. The van der Waals surface area contributed by atoms with E-state index in [1.807, 2.05) is 0 Å². The van der Waals surface area contributed by atoms with E-state index in [1.165, 1.54) is 12.1 Å². The van der Waals surface area contributed by atoms with E-state index < -0.39 is 23.4 Å². The van der Waals surface area contributed by atoms with Crippen LogP contribution >= 0.6 is 0 Å². The number of unbranched alkanes of at least 4 members (excludes halogenated alkanes) is 3. The van der Waals surface area contributed by atoms with Crippen LogP contribution in [0.2, 0.25) is 0 Å². The monoisotopic (exact) mass is 315 g/mol. The second-order valence-electron chi connectivity index (χ2n) is 5.11. The number of Topliss-reactive ketones (excluding diaryl/α,β-unsaturated/α-hetero) is 1. The van der Waals surface area contributed by atoms with Crippen LogP contribution in [0.25, 0.3) is 0 Å². The number of hydrogen-bond acceptors (Lipinski definition) is 2. The fraction of sp³-hybridized carbons (Fsp3) is 0.500. The minimum Gasteiger partial charge on any atom is -0.349 e. The smallest absolute Gasteiger partial charge is 0.349 e. The lowest BCUT2D eigenvalue weighted by atomic mass is 10.1. The summed E-state index contributed by atoms with van der Waals surface area (Å²) in [5.41, 5.74) is -0.386. The number of benzene rings is 1. The van der Waals surface area contributed by atoms with Crippen LogP contribution < -0.4 is 5.32 Å². The van der Waals surface area contributed by atoms with Crippen molar-refractivity contribution in [1.82, 2.24) is 5.32 Å². The summed E-state index contributed by atoms with van der Waals surface area (Å²) in [6.45, 7) is 2.52. The van der Waals surface area contributed by atoms with Crippen molar-refractivity contribution < 1.29 is 22.8 Å². The van der Waals surface area contributed by atoms with Crippen molar-refractivity contribution in [2.45, 2.75) is 45.2 Å². The number of rotatable bonds is 8. The van der Waals surface area contributed by atoms with Crippen LogP contribution in [-0.2, 0) is 22.2 Å². The highest BCUT2D eigenvalue weighted by Crippen LogP contribution is 2.29. The number of carbonyl (C=O) groups is 2. The average molecular weight is 315 g/mol. The summed E-state index contributed by atoms with van der Waals surface area (Å²) >= 11 is 0. The molecule has 0 bridgehead atoms. The molecule has 0 spiro atoms. The number of carbonyl (C=O) groups excluding carboxylic acids is 2. The lowest BCUT2D eigenvalue weighted by Gasteiger charge is -2.07. The van der Waals surface area contributed by atoms with E-state index in [2.05, 4.69) is 12.2 Å². The molecule has 0 atom stereocenters. The van der Waals surface area contributed by atoms with Gasteiger partial charge in [-0.2, -0.15) is 13.2 Å². The third kappa shape index (κ3) is 6.28. The van der Waals surface area contributed by atoms with Gasteiger partial charge in [0.15, 0.2) is 0 Å². The molecule has 0 aromatic heterocycles. The summed E-state index contributed by atoms with van der Waals surface area (Å²) in [7, 11) is 0. The normalized spacial score (nSPS) is 11.3. The molecule has 1 rings (SSSR count). The number of alkyl halides is 3. The zero-order valence-electron chi connectivity index (χ0n) is 12.5. The highest BCUT2D eigenvalue weighted by Gasteiger charge is 2.30. The Labute approximate surface area is 127 Å². The van der Waals surface area contributed by atoms with E-state index >= 15 is 0 Å². The number of hydrogen-bond donors (Lipinski definition) is 1. The number of nitrogens with one attached hydrogen (secondary N) is 1. The summed E-state index contributed by atoms with van der Waals surface area (Å²) in [5.74, 6) is -1.33. The summed E-state index contributed by atoms with van der Waals surface area (Å²) in [4.78, 5) is 23.2. The molecule has 1 amide bonds. The zero-order valence-corrected chi connectivity index (χ0v) is 12.5. The first-order valence-corrected chi connectivity index (χ1v) is 7.31. The van der Waals surface area contributed by atoms with Gasteiger partial charge in [-0.25, -0.2) is 0 Å². The third-order valence-corrected chi connectivity index (χ3v) is 3.22. The van der Waals surface area contributed by atoms with Gasteiger partial charge in [0, 0.05) is 13.0 Å². The molecule has 22 heavy (non-hydrogen) atoms. The van der Waals surface area contributed by atoms with E-state index in [4.69, 9.17) is 0 Å². The van der Waals surface area contributed by atoms with Gasteiger partial charge < -0.3 is 5.32 Å². The Bertz CT molecular complexity index is 495. The molecule has 3 nitrogen and oxygen atoms in total. The van der Waals surface area contributed by atoms with Gasteiger partial charge in [0.05, 0.1) is 5.56 Å². The first kappa shape index (κ1) is 18.2. The second kappa shape index (κ2) is 8.56. The summed E-state index contributed by atoms with van der Waals surface area (Å²) in [5, 5.41) is 2.53. The number of halogens is 3. The molecule has 0 saturated carbocycles. The Hall–Kier alpha value is -1.85. The fourth-order valence-corrected chi connectivity index (χ4v) is 1.93. The van der Waals surface area contributed by atoms with Crippen LogP contribution in [0.5, 0.6) is 0 Å². The number of ketones is 1. The first-order chi connectivity index (χ1) is 10.3. The minimum atomic E-state index is -4.40. The minimum absolute atomic E-state index is 0.196. The van der Waals surface area contributed by atoms with E-state index in [-0.39, 0.29) is 6.42 Å².